The van der Waals surface area contributed by atoms with E-state index in [1.54, 1.807) is 12.5 Å². The van der Waals surface area contributed by atoms with E-state index in [1.807, 2.05) is 24.3 Å². The van der Waals surface area contributed by atoms with E-state index in [1.165, 1.54) is 33.3 Å². The van der Waals surface area contributed by atoms with Gasteiger partial charge in [0.15, 0.2) is 0 Å². The van der Waals surface area contributed by atoms with Crippen LogP contribution in [0.15, 0.2) is 125 Å². The van der Waals surface area contributed by atoms with Gasteiger partial charge >= 0.3 is 0 Å². The molecule has 4 aromatic carbocycles. The smallest absolute Gasteiger partial charge is 0.259 e. The van der Waals surface area contributed by atoms with E-state index in [0.717, 1.165) is 0 Å². The van der Waals surface area contributed by atoms with Crippen LogP contribution in [0.5, 0.6) is 0 Å². The van der Waals surface area contributed by atoms with Crippen LogP contribution in [0.3, 0.4) is 0 Å². The van der Waals surface area contributed by atoms with Crippen molar-refractivity contribution in [2.45, 2.75) is 51.6 Å². The molecule has 45 heavy (non-hydrogen) atoms. The summed E-state index contributed by atoms with van der Waals surface area (Å²) in [6.07, 6.45) is 6.25. The summed E-state index contributed by atoms with van der Waals surface area (Å²) in [5.41, 5.74) is 0. The Balaban J connectivity index is 0.000000277. The zero-order valence-corrected chi connectivity index (χ0v) is 32.9. The topological polar surface area (TPSA) is 70.3 Å². The Labute approximate surface area is 280 Å². The predicted octanol–water partition coefficient (Wildman–Crippen LogP) is 7.35. The van der Waals surface area contributed by atoms with E-state index in [-0.39, 0.29) is 10.1 Å². The van der Waals surface area contributed by atoms with Crippen molar-refractivity contribution >= 4 is 66.9 Å². The summed E-state index contributed by atoms with van der Waals surface area (Å²) in [5, 5.41) is 4.98. The number of hydrogen-bond acceptors (Lipinski definition) is 4. The lowest BCUT2D eigenvalue weighted by molar-refractivity contribution is 0.682. The van der Waals surface area contributed by atoms with Gasteiger partial charge in [0, 0.05) is 44.5 Å². The molecule has 0 aliphatic heterocycles. The Morgan fingerprint density at radius 3 is 0.978 bits per heavy atom. The van der Waals surface area contributed by atoms with Gasteiger partial charge in [-0.15, -0.1) is 0 Å². The van der Waals surface area contributed by atoms with Gasteiger partial charge in [-0.05, 0) is 30.8 Å². The maximum Gasteiger partial charge on any atom is 0.259 e. The second-order valence-electron chi connectivity index (χ2n) is 13.8. The first-order chi connectivity index (χ1) is 20.6. The van der Waals surface area contributed by atoms with E-state index >= 15 is 0 Å². The minimum Gasteiger partial charge on any atom is -0.266 e. The highest BCUT2D eigenvalue weighted by atomic mass is 35.6. The average Bonchev–Trinajstić information content (AvgIpc) is 2.95. The summed E-state index contributed by atoms with van der Waals surface area (Å²) < 4.78 is 34.0. The summed E-state index contributed by atoms with van der Waals surface area (Å²) in [6.45, 7) is 13.4. The summed E-state index contributed by atoms with van der Waals surface area (Å²) in [7, 11) is -9.16. The lowest BCUT2D eigenvalue weighted by atomic mass is 10.2. The number of rotatable bonds is 5. The molecule has 0 aliphatic rings. The lowest BCUT2D eigenvalue weighted by Crippen LogP contribution is -2.63. The second kappa shape index (κ2) is 15.4. The zero-order chi connectivity index (χ0) is 34.2. The van der Waals surface area contributed by atoms with Crippen molar-refractivity contribution in [1.29, 1.82) is 4.78 Å². The Bertz CT molecular complexity index is 1620. The Morgan fingerprint density at radius 2 is 0.778 bits per heavy atom. The van der Waals surface area contributed by atoms with Gasteiger partial charge in [-0.1, -0.05) is 163 Å². The molecule has 0 heterocycles. The van der Waals surface area contributed by atoms with Crippen LogP contribution in [0.1, 0.15) is 41.5 Å². The van der Waals surface area contributed by atoms with Crippen molar-refractivity contribution in [1.82, 2.24) is 0 Å². The molecule has 9 heteroatoms. The van der Waals surface area contributed by atoms with Crippen molar-refractivity contribution in [2.24, 2.45) is 4.03 Å². The van der Waals surface area contributed by atoms with Crippen molar-refractivity contribution in [2.75, 3.05) is 25.0 Å². The van der Waals surface area contributed by atoms with Crippen LogP contribution in [0.4, 0.5) is 0 Å². The number of hydrogen-bond donors (Lipinski definition) is 1. The molecule has 0 radical (unpaired) electrons. The standard InChI is InChI=1S/C18H25NOSSi.C16H19ClSi.C2H7NOS/c1-18(2,3)22(19-21(4,5)20,16-12-8-6-9-13-16)17-14-10-7-11-15-17;1-16(2,3)18(17,14-10-6-4-7-11-14)15-12-8-5-9-13-15;1-5(2,3)4/h6-15H,1-5H3;4-13H,1-3H3;3H,1-2H3. The van der Waals surface area contributed by atoms with Gasteiger partial charge in [0.05, 0.1) is 0 Å². The highest BCUT2D eigenvalue weighted by molar-refractivity contribution is 7.93. The van der Waals surface area contributed by atoms with Crippen LogP contribution < -0.4 is 20.7 Å². The van der Waals surface area contributed by atoms with Crippen LogP contribution in [0, 0.1) is 4.78 Å². The van der Waals surface area contributed by atoms with Gasteiger partial charge in [0.25, 0.3) is 8.24 Å². The van der Waals surface area contributed by atoms with Gasteiger partial charge in [0.1, 0.15) is 0 Å². The minimum atomic E-state index is -2.54. The average molecular weight is 700 g/mol. The molecule has 4 nitrogen and oxygen atoms in total. The molecule has 244 valence electrons. The molecular weight excluding hydrogens is 648 g/mol. The van der Waals surface area contributed by atoms with E-state index in [9.17, 15) is 8.42 Å². The molecule has 0 amide bonds. The van der Waals surface area contributed by atoms with Crippen molar-refractivity contribution < 1.29 is 8.42 Å². The fourth-order valence-corrected chi connectivity index (χ4v) is 17.4. The summed E-state index contributed by atoms with van der Waals surface area (Å²) >= 11 is 7.21. The largest absolute Gasteiger partial charge is 0.266 e. The first-order valence-corrected chi connectivity index (χ1v) is 24.6. The highest BCUT2D eigenvalue weighted by Gasteiger charge is 2.49. The summed E-state index contributed by atoms with van der Waals surface area (Å²) in [4.78, 5) is 0. The number of halogens is 1. The normalized spacial score (nSPS) is 12.6. The number of benzene rings is 4. The van der Waals surface area contributed by atoms with Crippen molar-refractivity contribution in [3.05, 3.63) is 121 Å². The van der Waals surface area contributed by atoms with Crippen LogP contribution >= 0.6 is 11.1 Å². The van der Waals surface area contributed by atoms with Crippen molar-refractivity contribution in [3.63, 3.8) is 0 Å². The van der Waals surface area contributed by atoms with E-state index < -0.39 is 35.1 Å². The van der Waals surface area contributed by atoms with Crippen LogP contribution in [-0.2, 0) is 19.5 Å². The van der Waals surface area contributed by atoms with Crippen LogP contribution in [0.2, 0.25) is 10.1 Å². The minimum absolute atomic E-state index is 0.0667. The molecule has 0 aromatic heterocycles. The molecule has 4 rings (SSSR count). The molecule has 4 aromatic rings. The van der Waals surface area contributed by atoms with Gasteiger partial charge < -0.3 is 0 Å². The van der Waals surface area contributed by atoms with Gasteiger partial charge in [0.2, 0.25) is 7.38 Å². The Hall–Kier alpha value is -2.50. The third kappa shape index (κ3) is 10.8. The highest BCUT2D eigenvalue weighted by Crippen LogP contribution is 2.39. The molecule has 0 spiro atoms. The fraction of sp³-hybridized carbons (Fsp3) is 0.333. The van der Waals surface area contributed by atoms with Crippen LogP contribution in [-0.4, -0.2) is 49.1 Å². The second-order valence-corrected chi connectivity index (χ2v) is 29.1. The summed E-state index contributed by atoms with van der Waals surface area (Å²) in [6, 6.07) is 41.8. The molecular formula is C36H51ClN2O2S2Si2. The molecule has 0 fully saturated rings. The number of nitrogens with zero attached hydrogens (tertiary/aromatic N) is 1. The van der Waals surface area contributed by atoms with Crippen LogP contribution in [0.25, 0.3) is 0 Å². The molecule has 0 saturated carbocycles. The monoisotopic (exact) mass is 698 g/mol. The molecule has 0 aliphatic carbocycles. The maximum atomic E-state index is 12.7. The SMILES string of the molecule is CC(C)(C)[Si](Cl)(c1ccccc1)c1ccccc1.CC(C)(C)[Si](N=S(C)(C)=O)(c1ccccc1)c1ccccc1.CS(C)(=N)=O. The third-order valence-corrected chi connectivity index (χ3v) is 21.9. The molecule has 0 bridgehead atoms. The zero-order valence-electron chi connectivity index (χ0n) is 28.5. The third-order valence-electron chi connectivity index (χ3n) is 7.20. The fourth-order valence-electron chi connectivity index (χ4n) is 5.33. The van der Waals surface area contributed by atoms with Crippen molar-refractivity contribution in [3.8, 4) is 0 Å². The van der Waals surface area contributed by atoms with Gasteiger partial charge in [-0.3, -0.25) is 17.2 Å². The molecule has 1 N–H and O–H groups in total. The van der Waals surface area contributed by atoms with Gasteiger partial charge in [-0.2, -0.15) is 11.1 Å². The van der Waals surface area contributed by atoms with E-state index in [2.05, 4.69) is 139 Å². The van der Waals surface area contributed by atoms with E-state index in [4.69, 9.17) is 19.9 Å². The molecule has 0 atom stereocenters. The van der Waals surface area contributed by atoms with Gasteiger partial charge in [-0.25, -0.2) is 0 Å². The Morgan fingerprint density at radius 1 is 0.533 bits per heavy atom. The lowest BCUT2D eigenvalue weighted by Gasteiger charge is -2.40. The first-order valence-electron chi connectivity index (χ1n) is 14.9. The maximum absolute atomic E-state index is 12.7. The molecule has 0 saturated heterocycles. The molecule has 0 unspecified atom stereocenters. The Kier molecular flexibility index (Phi) is 13.2. The van der Waals surface area contributed by atoms with E-state index in [0.29, 0.717) is 0 Å². The summed E-state index contributed by atoms with van der Waals surface area (Å²) in [5.74, 6) is 0. The quantitative estimate of drug-likeness (QED) is 0.175. The predicted molar refractivity (Wildman–Crippen MR) is 206 cm³/mol. The number of nitrogens with one attached hydrogen (secondary N) is 1. The first kappa shape index (κ1) is 38.7.